The molecule has 1 aromatic carbocycles. The Morgan fingerprint density at radius 3 is 2.81 bits per heavy atom. The number of nitrogens with one attached hydrogen (secondary N) is 1. The molecule has 1 saturated carbocycles. The minimum atomic E-state index is -0.0819. The van der Waals surface area contributed by atoms with E-state index < -0.39 is 0 Å². The maximum absolute atomic E-state index is 11.9. The lowest BCUT2D eigenvalue weighted by molar-refractivity contribution is 0.0914. The van der Waals surface area contributed by atoms with E-state index in [1.165, 1.54) is 13.5 Å². The van der Waals surface area contributed by atoms with Gasteiger partial charge in [-0.15, -0.1) is 0 Å². The number of hydrogen-bond donors (Lipinski definition) is 2. The van der Waals surface area contributed by atoms with E-state index in [0.29, 0.717) is 23.0 Å². The molecule has 0 unspecified atom stereocenters. The fourth-order valence-electron chi connectivity index (χ4n) is 1.71. The van der Waals surface area contributed by atoms with Gasteiger partial charge >= 0.3 is 0 Å². The fraction of sp³-hybridized carbons (Fsp3) is 0.417. The van der Waals surface area contributed by atoms with Gasteiger partial charge in [0, 0.05) is 17.8 Å². The van der Waals surface area contributed by atoms with Gasteiger partial charge in [0.15, 0.2) is 0 Å². The number of nitrogens with two attached hydrogens (primary N) is 1. The molecule has 1 aliphatic rings. The van der Waals surface area contributed by atoms with Crippen molar-refractivity contribution < 1.29 is 9.53 Å². The van der Waals surface area contributed by atoms with Crippen LogP contribution in [0.2, 0.25) is 0 Å². The highest BCUT2D eigenvalue weighted by molar-refractivity contribution is 5.97. The van der Waals surface area contributed by atoms with Crippen LogP contribution in [0, 0.1) is 0 Å². The molecule has 1 aliphatic carbocycles. The summed E-state index contributed by atoms with van der Waals surface area (Å²) in [5, 5.41) is 2.97. The number of benzene rings is 1. The van der Waals surface area contributed by atoms with Crippen LogP contribution in [0.5, 0.6) is 5.75 Å². The van der Waals surface area contributed by atoms with Crippen molar-refractivity contribution in [2.24, 2.45) is 0 Å². The average molecular weight is 220 g/mol. The third-order valence-electron chi connectivity index (χ3n) is 2.91. The second-order valence-electron chi connectivity index (χ2n) is 4.06. The molecule has 4 heteroatoms. The van der Waals surface area contributed by atoms with E-state index in [0.717, 1.165) is 12.8 Å². The van der Waals surface area contributed by atoms with E-state index in [1.54, 1.807) is 18.2 Å². The molecule has 0 atom stereocenters. The predicted molar refractivity (Wildman–Crippen MR) is 62.5 cm³/mol. The summed E-state index contributed by atoms with van der Waals surface area (Å²) in [7, 11) is 1.54. The standard InChI is InChI=1S/C12H16N2O2/c1-16-11-7-8(13)5-6-10(11)12(15)14-9-3-2-4-9/h5-7,9H,2-4,13H2,1H3,(H,14,15). The summed E-state index contributed by atoms with van der Waals surface area (Å²) < 4.78 is 5.14. The molecular weight excluding hydrogens is 204 g/mol. The van der Waals surface area contributed by atoms with Crippen LogP contribution in [0.25, 0.3) is 0 Å². The summed E-state index contributed by atoms with van der Waals surface area (Å²) >= 11 is 0. The van der Waals surface area contributed by atoms with E-state index >= 15 is 0 Å². The van der Waals surface area contributed by atoms with Crippen molar-refractivity contribution in [2.45, 2.75) is 25.3 Å². The first-order chi connectivity index (χ1) is 7.70. The van der Waals surface area contributed by atoms with Gasteiger partial charge in [-0.3, -0.25) is 4.79 Å². The second kappa shape index (κ2) is 4.43. The molecule has 0 aliphatic heterocycles. The number of nitrogen functional groups attached to an aromatic ring is 1. The van der Waals surface area contributed by atoms with Gasteiger partial charge in [0.25, 0.3) is 5.91 Å². The van der Waals surface area contributed by atoms with Gasteiger partial charge in [0.05, 0.1) is 12.7 Å². The molecule has 3 N–H and O–H groups in total. The molecule has 0 radical (unpaired) electrons. The normalized spacial score (nSPS) is 15.3. The number of hydrogen-bond acceptors (Lipinski definition) is 3. The average Bonchev–Trinajstić information content (AvgIpc) is 2.23. The molecule has 4 nitrogen and oxygen atoms in total. The molecule has 1 aromatic rings. The SMILES string of the molecule is COc1cc(N)ccc1C(=O)NC1CCC1. The Morgan fingerprint density at radius 1 is 1.50 bits per heavy atom. The van der Waals surface area contributed by atoms with Crippen molar-refractivity contribution >= 4 is 11.6 Å². The zero-order chi connectivity index (χ0) is 11.5. The lowest BCUT2D eigenvalue weighted by Gasteiger charge is -2.26. The Bertz CT molecular complexity index is 400. The van der Waals surface area contributed by atoms with Gasteiger partial charge in [0.2, 0.25) is 0 Å². The van der Waals surface area contributed by atoms with Crippen LogP contribution in [0.4, 0.5) is 5.69 Å². The number of ether oxygens (including phenoxy) is 1. The minimum Gasteiger partial charge on any atom is -0.496 e. The summed E-state index contributed by atoms with van der Waals surface area (Å²) in [6.45, 7) is 0. The Hall–Kier alpha value is -1.71. The van der Waals surface area contributed by atoms with Crippen LogP contribution < -0.4 is 15.8 Å². The summed E-state index contributed by atoms with van der Waals surface area (Å²) in [6.07, 6.45) is 3.34. The molecule has 2 rings (SSSR count). The lowest BCUT2D eigenvalue weighted by Crippen LogP contribution is -2.39. The molecule has 1 fully saturated rings. The van der Waals surface area contributed by atoms with Crippen molar-refractivity contribution in [3.63, 3.8) is 0 Å². The Labute approximate surface area is 94.8 Å². The molecule has 0 saturated heterocycles. The Balaban J connectivity index is 2.14. The monoisotopic (exact) mass is 220 g/mol. The smallest absolute Gasteiger partial charge is 0.255 e. The van der Waals surface area contributed by atoms with Gasteiger partial charge < -0.3 is 15.8 Å². The van der Waals surface area contributed by atoms with E-state index in [1.807, 2.05) is 0 Å². The minimum absolute atomic E-state index is 0.0819. The maximum atomic E-state index is 11.9. The first kappa shape index (κ1) is 10.8. The number of amides is 1. The number of methoxy groups -OCH3 is 1. The van der Waals surface area contributed by atoms with Crippen LogP contribution in [-0.2, 0) is 0 Å². The highest BCUT2D eigenvalue weighted by Gasteiger charge is 2.21. The van der Waals surface area contributed by atoms with Crippen LogP contribution in [0.3, 0.4) is 0 Å². The molecule has 16 heavy (non-hydrogen) atoms. The molecule has 0 aromatic heterocycles. The van der Waals surface area contributed by atoms with Crippen molar-refractivity contribution in [3.05, 3.63) is 23.8 Å². The van der Waals surface area contributed by atoms with Crippen LogP contribution >= 0.6 is 0 Å². The van der Waals surface area contributed by atoms with E-state index in [2.05, 4.69) is 5.32 Å². The molecular formula is C12H16N2O2. The number of carbonyl (C=O) groups is 1. The topological polar surface area (TPSA) is 64.3 Å². The fourth-order valence-corrected chi connectivity index (χ4v) is 1.71. The molecule has 0 heterocycles. The number of anilines is 1. The Kier molecular flexibility index (Phi) is 2.99. The van der Waals surface area contributed by atoms with Crippen molar-refractivity contribution in [3.8, 4) is 5.75 Å². The molecule has 0 spiro atoms. The third kappa shape index (κ3) is 2.10. The van der Waals surface area contributed by atoms with Gasteiger partial charge in [-0.1, -0.05) is 0 Å². The van der Waals surface area contributed by atoms with E-state index in [9.17, 15) is 4.79 Å². The van der Waals surface area contributed by atoms with Gasteiger partial charge in [-0.05, 0) is 31.4 Å². The summed E-state index contributed by atoms with van der Waals surface area (Å²) in [6, 6.07) is 5.39. The first-order valence-corrected chi connectivity index (χ1v) is 5.45. The van der Waals surface area contributed by atoms with Crippen LogP contribution in [0.1, 0.15) is 29.6 Å². The van der Waals surface area contributed by atoms with Gasteiger partial charge in [-0.25, -0.2) is 0 Å². The highest BCUT2D eigenvalue weighted by Crippen LogP contribution is 2.23. The highest BCUT2D eigenvalue weighted by atomic mass is 16.5. The summed E-state index contributed by atoms with van der Waals surface area (Å²) in [4.78, 5) is 11.9. The lowest BCUT2D eigenvalue weighted by atomic mass is 9.93. The van der Waals surface area contributed by atoms with Crippen LogP contribution in [-0.4, -0.2) is 19.1 Å². The third-order valence-corrected chi connectivity index (χ3v) is 2.91. The largest absolute Gasteiger partial charge is 0.496 e. The molecule has 1 amide bonds. The Morgan fingerprint density at radius 2 is 2.25 bits per heavy atom. The zero-order valence-corrected chi connectivity index (χ0v) is 9.32. The van der Waals surface area contributed by atoms with E-state index in [-0.39, 0.29) is 5.91 Å². The number of rotatable bonds is 3. The summed E-state index contributed by atoms with van der Waals surface area (Å²) in [5.74, 6) is 0.443. The quantitative estimate of drug-likeness (QED) is 0.760. The van der Waals surface area contributed by atoms with Crippen molar-refractivity contribution in [1.82, 2.24) is 5.32 Å². The first-order valence-electron chi connectivity index (χ1n) is 5.45. The molecule has 86 valence electrons. The van der Waals surface area contributed by atoms with E-state index in [4.69, 9.17) is 10.5 Å². The number of carbonyl (C=O) groups excluding carboxylic acids is 1. The van der Waals surface area contributed by atoms with Crippen molar-refractivity contribution in [2.75, 3.05) is 12.8 Å². The van der Waals surface area contributed by atoms with Gasteiger partial charge in [0.1, 0.15) is 5.75 Å². The summed E-state index contributed by atoms with van der Waals surface area (Å²) in [5.41, 5.74) is 6.77. The van der Waals surface area contributed by atoms with Crippen LogP contribution in [0.15, 0.2) is 18.2 Å². The maximum Gasteiger partial charge on any atom is 0.255 e. The van der Waals surface area contributed by atoms with Crippen molar-refractivity contribution in [1.29, 1.82) is 0 Å². The predicted octanol–water partition coefficient (Wildman–Crippen LogP) is 1.56. The second-order valence-corrected chi connectivity index (χ2v) is 4.06. The van der Waals surface area contributed by atoms with Gasteiger partial charge in [-0.2, -0.15) is 0 Å². The molecule has 0 bridgehead atoms. The zero-order valence-electron chi connectivity index (χ0n) is 9.32.